The summed E-state index contributed by atoms with van der Waals surface area (Å²) in [6.45, 7) is 6.47. The Morgan fingerprint density at radius 2 is 1.74 bits per heavy atom. The molecule has 0 aliphatic carbocycles. The van der Waals surface area contributed by atoms with E-state index >= 15 is 0 Å². The number of phenolic OH excluding ortho intramolecular Hbond substituents is 1. The maximum Gasteiger partial charge on any atom is 0.263 e. The second-order valence-corrected chi connectivity index (χ2v) is 10.0. The van der Waals surface area contributed by atoms with Crippen LogP contribution in [0.5, 0.6) is 5.75 Å². The van der Waals surface area contributed by atoms with Crippen molar-refractivity contribution in [3.63, 3.8) is 0 Å². The lowest BCUT2D eigenvalue weighted by molar-refractivity contribution is 0.475. The molecule has 3 aromatic carbocycles. The molecule has 6 rings (SSSR count). The topological polar surface area (TPSA) is 112 Å². The van der Waals surface area contributed by atoms with Crippen LogP contribution in [0, 0.1) is 6.92 Å². The van der Waals surface area contributed by atoms with E-state index in [1.165, 1.54) is 6.33 Å². The normalized spacial score (nSPS) is 11.6. The Morgan fingerprint density at radius 1 is 0.949 bits per heavy atom. The third kappa shape index (κ3) is 4.10. The highest BCUT2D eigenvalue weighted by Gasteiger charge is 2.21. The zero-order chi connectivity index (χ0) is 27.3. The summed E-state index contributed by atoms with van der Waals surface area (Å²) in [6, 6.07) is 22.8. The van der Waals surface area contributed by atoms with E-state index in [4.69, 9.17) is 10.8 Å². The molecule has 0 saturated carbocycles. The molecule has 0 amide bonds. The molecule has 8 heteroatoms. The van der Waals surface area contributed by atoms with Gasteiger partial charge in [-0.1, -0.05) is 62.4 Å². The van der Waals surface area contributed by atoms with Gasteiger partial charge < -0.3 is 10.8 Å². The fourth-order valence-corrected chi connectivity index (χ4v) is 5.30. The summed E-state index contributed by atoms with van der Waals surface area (Å²) < 4.78 is 3.55. The van der Waals surface area contributed by atoms with Gasteiger partial charge in [-0.2, -0.15) is 5.10 Å². The van der Waals surface area contributed by atoms with E-state index in [0.29, 0.717) is 33.5 Å². The van der Waals surface area contributed by atoms with E-state index in [1.54, 1.807) is 27.4 Å². The quantitative estimate of drug-likeness (QED) is 0.310. The third-order valence-electron chi connectivity index (χ3n) is 7.12. The molecule has 39 heavy (non-hydrogen) atoms. The Kier molecular flexibility index (Phi) is 5.87. The van der Waals surface area contributed by atoms with Gasteiger partial charge in [0.1, 0.15) is 23.6 Å². The lowest BCUT2D eigenvalue weighted by Crippen LogP contribution is -2.25. The molecule has 0 radical (unpaired) electrons. The Bertz CT molecular complexity index is 1940. The van der Waals surface area contributed by atoms with Crippen LogP contribution in [-0.2, 0) is 6.54 Å². The van der Waals surface area contributed by atoms with E-state index in [0.717, 1.165) is 27.9 Å². The molecule has 3 aromatic heterocycles. The second-order valence-electron chi connectivity index (χ2n) is 10.0. The molecule has 0 aliphatic heterocycles. The summed E-state index contributed by atoms with van der Waals surface area (Å²) in [5.41, 5.74) is 11.6. The average Bonchev–Trinajstić information content (AvgIpc) is 3.28. The average molecular weight is 517 g/mol. The first-order valence-corrected chi connectivity index (χ1v) is 12.8. The Labute approximate surface area is 225 Å². The Balaban J connectivity index is 1.64. The fraction of sp³-hybridized carbons (Fsp3) is 0.161. The number of fused-ring (bicyclic) bond motifs is 2. The fourth-order valence-electron chi connectivity index (χ4n) is 5.30. The van der Waals surface area contributed by atoms with E-state index in [1.807, 2.05) is 55.5 Å². The number of aromatic hydroxyl groups is 1. The lowest BCUT2D eigenvalue weighted by Gasteiger charge is -2.20. The number of benzene rings is 3. The predicted molar refractivity (Wildman–Crippen MR) is 154 cm³/mol. The number of hydrogen-bond donors (Lipinski definition) is 2. The van der Waals surface area contributed by atoms with Crippen LogP contribution in [0.4, 0.5) is 5.82 Å². The lowest BCUT2D eigenvalue weighted by atomic mass is 10.00. The van der Waals surface area contributed by atoms with Crippen LogP contribution in [0.15, 0.2) is 83.9 Å². The molecule has 0 aliphatic rings. The van der Waals surface area contributed by atoms with Crippen LogP contribution in [0.3, 0.4) is 0 Å². The minimum atomic E-state index is -0.0764. The minimum absolute atomic E-state index is 0.0764. The Morgan fingerprint density at radius 3 is 2.54 bits per heavy atom. The van der Waals surface area contributed by atoms with E-state index in [-0.39, 0.29) is 23.8 Å². The van der Waals surface area contributed by atoms with Gasteiger partial charge in [0.15, 0.2) is 5.65 Å². The zero-order valence-corrected chi connectivity index (χ0v) is 22.0. The monoisotopic (exact) mass is 516 g/mol. The number of pyridine rings is 1. The SMILES string of the molecule is Cc1cccc2cc(Cn3nc(-c4cccc(O)c4)c4c(N)ncnc43)n(-c3ccccc3C(C)C)c(=O)c12. The van der Waals surface area contributed by atoms with Gasteiger partial charge in [-0.05, 0) is 53.6 Å². The van der Waals surface area contributed by atoms with Gasteiger partial charge in [0.2, 0.25) is 0 Å². The summed E-state index contributed by atoms with van der Waals surface area (Å²) in [6.07, 6.45) is 1.41. The molecule has 0 fully saturated rings. The number of nitrogens with two attached hydrogens (primary N) is 1. The Hall–Kier alpha value is -4.98. The molecular weight excluding hydrogens is 488 g/mol. The number of rotatable bonds is 5. The first-order chi connectivity index (χ1) is 18.8. The summed E-state index contributed by atoms with van der Waals surface area (Å²) in [5, 5.41) is 17.1. The molecule has 0 atom stereocenters. The van der Waals surface area contributed by atoms with Crippen molar-refractivity contribution >= 4 is 27.6 Å². The van der Waals surface area contributed by atoms with Gasteiger partial charge in [-0.25, -0.2) is 14.6 Å². The van der Waals surface area contributed by atoms with Gasteiger partial charge in [0.25, 0.3) is 5.56 Å². The van der Waals surface area contributed by atoms with Crippen molar-refractivity contribution in [3.8, 4) is 22.7 Å². The predicted octanol–water partition coefficient (Wildman–Crippen LogP) is 5.57. The van der Waals surface area contributed by atoms with Crippen molar-refractivity contribution < 1.29 is 5.11 Å². The third-order valence-corrected chi connectivity index (χ3v) is 7.12. The van der Waals surface area contributed by atoms with Gasteiger partial charge in [-0.15, -0.1) is 0 Å². The van der Waals surface area contributed by atoms with Gasteiger partial charge >= 0.3 is 0 Å². The van der Waals surface area contributed by atoms with Gasteiger partial charge in [-0.3, -0.25) is 9.36 Å². The summed E-state index contributed by atoms with van der Waals surface area (Å²) in [5.74, 6) is 0.625. The number of phenols is 1. The smallest absolute Gasteiger partial charge is 0.263 e. The van der Waals surface area contributed by atoms with Crippen LogP contribution in [0.2, 0.25) is 0 Å². The molecule has 194 valence electrons. The number of anilines is 1. The van der Waals surface area contributed by atoms with Crippen LogP contribution in [0.1, 0.15) is 36.6 Å². The van der Waals surface area contributed by atoms with Crippen LogP contribution in [0.25, 0.3) is 38.8 Å². The van der Waals surface area contributed by atoms with E-state index < -0.39 is 0 Å². The minimum Gasteiger partial charge on any atom is -0.508 e. The van der Waals surface area contributed by atoms with Crippen molar-refractivity contribution in [1.82, 2.24) is 24.3 Å². The largest absolute Gasteiger partial charge is 0.508 e. The summed E-state index contributed by atoms with van der Waals surface area (Å²) >= 11 is 0. The molecule has 0 saturated heterocycles. The zero-order valence-electron chi connectivity index (χ0n) is 22.0. The number of nitrogens with zero attached hydrogens (tertiary/aromatic N) is 5. The molecule has 6 aromatic rings. The van der Waals surface area contributed by atoms with Crippen LogP contribution in [-0.4, -0.2) is 29.4 Å². The molecule has 0 spiro atoms. The molecule has 0 bridgehead atoms. The van der Waals surface area contributed by atoms with Gasteiger partial charge in [0.05, 0.1) is 23.0 Å². The molecule has 0 unspecified atom stereocenters. The first-order valence-electron chi connectivity index (χ1n) is 12.8. The number of aromatic nitrogens is 5. The van der Waals surface area contributed by atoms with Crippen LogP contribution < -0.4 is 11.3 Å². The van der Waals surface area contributed by atoms with Crippen molar-refractivity contribution in [3.05, 3.63) is 106 Å². The highest BCUT2D eigenvalue weighted by atomic mass is 16.3. The van der Waals surface area contributed by atoms with Crippen LogP contribution >= 0.6 is 0 Å². The van der Waals surface area contributed by atoms with E-state index in [2.05, 4.69) is 29.9 Å². The highest BCUT2D eigenvalue weighted by Crippen LogP contribution is 2.32. The molecule has 3 heterocycles. The first kappa shape index (κ1) is 24.4. The maximum atomic E-state index is 14.2. The number of nitrogen functional groups attached to an aromatic ring is 1. The van der Waals surface area contributed by atoms with Crippen molar-refractivity contribution in [2.45, 2.75) is 33.2 Å². The molecular formula is C31H28N6O2. The maximum absolute atomic E-state index is 14.2. The standard InChI is InChI=1S/C31H28N6O2/c1-18(2)24-12-4-5-13-25(24)37-22(14-20-9-6-8-19(3)26(20)31(37)39)16-36-30-27(29(32)33-17-34-30)28(35-36)21-10-7-11-23(38)15-21/h4-15,17-18,38H,16H2,1-3H3,(H2,32,33,34). The highest BCUT2D eigenvalue weighted by molar-refractivity contribution is 5.98. The summed E-state index contributed by atoms with van der Waals surface area (Å²) in [7, 11) is 0. The molecule has 8 nitrogen and oxygen atoms in total. The van der Waals surface area contributed by atoms with E-state index in [9.17, 15) is 9.90 Å². The molecule has 3 N–H and O–H groups in total. The van der Waals surface area contributed by atoms with Crippen molar-refractivity contribution in [2.24, 2.45) is 0 Å². The van der Waals surface area contributed by atoms with Crippen molar-refractivity contribution in [1.29, 1.82) is 0 Å². The number of para-hydroxylation sites is 1. The number of hydrogen-bond acceptors (Lipinski definition) is 6. The summed E-state index contributed by atoms with van der Waals surface area (Å²) in [4.78, 5) is 22.9. The second kappa shape index (κ2) is 9.40. The van der Waals surface area contributed by atoms with Crippen molar-refractivity contribution in [2.75, 3.05) is 5.73 Å². The number of aryl methyl sites for hydroxylation is 1. The van der Waals surface area contributed by atoms with Gasteiger partial charge in [0, 0.05) is 11.3 Å².